The molecule has 1 heterocycles. The summed E-state index contributed by atoms with van der Waals surface area (Å²) in [5.41, 5.74) is 1.45. The third-order valence-corrected chi connectivity index (χ3v) is 4.35. The highest BCUT2D eigenvalue weighted by Gasteiger charge is 2.23. The zero-order chi connectivity index (χ0) is 19.5. The summed E-state index contributed by atoms with van der Waals surface area (Å²) in [6.07, 6.45) is 4.44. The summed E-state index contributed by atoms with van der Waals surface area (Å²) in [5.74, 6) is -0.742. The summed E-state index contributed by atoms with van der Waals surface area (Å²) >= 11 is 0. The lowest BCUT2D eigenvalue weighted by molar-refractivity contribution is -0.115. The summed E-state index contributed by atoms with van der Waals surface area (Å²) in [6, 6.07) is 12.9. The van der Waals surface area contributed by atoms with Crippen LogP contribution in [-0.4, -0.2) is 21.8 Å². The van der Waals surface area contributed by atoms with Gasteiger partial charge >= 0.3 is 0 Å². The first-order valence-corrected chi connectivity index (χ1v) is 9.08. The van der Waals surface area contributed by atoms with E-state index in [-0.39, 0.29) is 18.9 Å². The van der Waals surface area contributed by atoms with E-state index in [1.807, 2.05) is 24.3 Å². The first-order valence-electron chi connectivity index (χ1n) is 9.08. The topological polar surface area (TPSA) is 56.1 Å². The highest BCUT2D eigenvalue weighted by Crippen LogP contribution is 2.26. The molecule has 0 atom stereocenters. The van der Waals surface area contributed by atoms with Crippen LogP contribution in [0.4, 0.5) is 14.6 Å². The van der Waals surface area contributed by atoms with Gasteiger partial charge in [-0.2, -0.15) is 5.10 Å². The maximum absolute atomic E-state index is 13.3. The smallest absolute Gasteiger partial charge is 0.229 e. The van der Waals surface area contributed by atoms with Gasteiger partial charge in [-0.05, 0) is 48.2 Å². The zero-order valence-corrected chi connectivity index (χ0v) is 15.1. The van der Waals surface area contributed by atoms with Crippen molar-refractivity contribution in [2.45, 2.75) is 31.9 Å². The van der Waals surface area contributed by atoms with E-state index in [1.165, 1.54) is 6.07 Å². The molecule has 0 radical (unpaired) electrons. The number of carbonyl (C=O) groups is 1. The number of aromatic nitrogens is 2. The molecule has 28 heavy (non-hydrogen) atoms. The van der Waals surface area contributed by atoms with E-state index in [0.717, 1.165) is 36.3 Å². The minimum Gasteiger partial charge on any atom is -0.490 e. The Hall–Kier alpha value is -3.22. The van der Waals surface area contributed by atoms with Crippen LogP contribution in [0.25, 0.3) is 0 Å². The summed E-state index contributed by atoms with van der Waals surface area (Å²) in [7, 11) is 0. The molecule has 1 saturated carbocycles. The average molecular weight is 383 g/mol. The third-order valence-electron chi connectivity index (χ3n) is 4.35. The molecule has 144 valence electrons. The van der Waals surface area contributed by atoms with Crippen LogP contribution in [0.2, 0.25) is 0 Å². The van der Waals surface area contributed by atoms with Gasteiger partial charge in [-0.25, -0.2) is 8.78 Å². The number of carbonyl (C=O) groups excluding carboxylic acids is 1. The van der Waals surface area contributed by atoms with Crippen LogP contribution >= 0.6 is 0 Å². The molecule has 2 aromatic carbocycles. The number of halogens is 2. The van der Waals surface area contributed by atoms with Crippen molar-refractivity contribution >= 4 is 11.7 Å². The van der Waals surface area contributed by atoms with Crippen LogP contribution in [0.5, 0.6) is 5.75 Å². The molecule has 0 bridgehead atoms. The lowest BCUT2D eigenvalue weighted by Gasteiger charge is -2.06. The molecule has 4 rings (SSSR count). The Kier molecular flexibility index (Phi) is 5.06. The summed E-state index contributed by atoms with van der Waals surface area (Å²) in [5, 5.41) is 6.98. The predicted octanol–water partition coefficient (Wildman–Crippen LogP) is 3.93. The molecular formula is C21H19F2N3O2. The van der Waals surface area contributed by atoms with Crippen molar-refractivity contribution in [1.29, 1.82) is 0 Å². The molecule has 1 N–H and O–H groups in total. The number of hydrogen-bond donors (Lipinski definition) is 1. The number of amides is 1. The Morgan fingerprint density at radius 1 is 1.07 bits per heavy atom. The Morgan fingerprint density at radius 2 is 1.82 bits per heavy atom. The lowest BCUT2D eigenvalue weighted by Crippen LogP contribution is -2.15. The number of benzene rings is 2. The van der Waals surface area contributed by atoms with Crippen molar-refractivity contribution in [3.8, 4) is 5.75 Å². The fourth-order valence-corrected chi connectivity index (χ4v) is 2.78. The van der Waals surface area contributed by atoms with Crippen LogP contribution in [0.1, 0.15) is 24.0 Å². The van der Waals surface area contributed by atoms with Gasteiger partial charge in [0.25, 0.3) is 0 Å². The van der Waals surface area contributed by atoms with Crippen LogP contribution in [0.3, 0.4) is 0 Å². The Balaban J connectivity index is 1.31. The second-order valence-electron chi connectivity index (χ2n) is 6.83. The van der Waals surface area contributed by atoms with Gasteiger partial charge in [0.15, 0.2) is 17.5 Å². The quantitative estimate of drug-likeness (QED) is 0.673. The third kappa shape index (κ3) is 4.73. The summed E-state index contributed by atoms with van der Waals surface area (Å²) < 4.78 is 33.5. The number of ether oxygens (including phenoxy) is 1. The van der Waals surface area contributed by atoms with E-state index in [1.54, 1.807) is 16.9 Å². The molecule has 0 aliphatic heterocycles. The molecule has 3 aromatic rings. The molecule has 0 spiro atoms. The van der Waals surface area contributed by atoms with Crippen LogP contribution in [0, 0.1) is 11.6 Å². The molecule has 1 aromatic heterocycles. The van der Waals surface area contributed by atoms with E-state index in [4.69, 9.17) is 4.74 Å². The van der Waals surface area contributed by atoms with E-state index in [2.05, 4.69) is 10.4 Å². The lowest BCUT2D eigenvalue weighted by atomic mass is 10.1. The summed E-state index contributed by atoms with van der Waals surface area (Å²) in [6.45, 7) is 0.273. The molecule has 1 aliphatic carbocycles. The number of anilines is 1. The van der Waals surface area contributed by atoms with Crippen molar-refractivity contribution < 1.29 is 18.3 Å². The molecule has 5 nitrogen and oxygen atoms in total. The Labute approximate surface area is 160 Å². The van der Waals surface area contributed by atoms with E-state index in [0.29, 0.717) is 17.5 Å². The standard InChI is InChI=1S/C21H19F2N3O2/c22-18-8-3-15(11-19(18)23)13-26-10-9-20(25-26)24-21(27)12-14-1-4-16(5-2-14)28-17-6-7-17/h1-5,8-11,17H,6-7,12-13H2,(H,24,25,27). The van der Waals surface area contributed by atoms with Gasteiger partial charge in [0.05, 0.1) is 19.1 Å². The fourth-order valence-electron chi connectivity index (χ4n) is 2.78. The van der Waals surface area contributed by atoms with Crippen molar-refractivity contribution in [3.05, 3.63) is 77.5 Å². The average Bonchev–Trinajstić information content (AvgIpc) is 3.38. The maximum Gasteiger partial charge on any atom is 0.229 e. The van der Waals surface area contributed by atoms with Crippen molar-refractivity contribution in [3.63, 3.8) is 0 Å². The number of hydrogen-bond acceptors (Lipinski definition) is 3. The summed E-state index contributed by atoms with van der Waals surface area (Å²) in [4.78, 5) is 12.2. The second kappa shape index (κ2) is 7.80. The molecule has 0 saturated heterocycles. The minimum absolute atomic E-state index is 0.186. The van der Waals surface area contributed by atoms with E-state index >= 15 is 0 Å². The first-order chi connectivity index (χ1) is 13.5. The van der Waals surface area contributed by atoms with Crippen molar-refractivity contribution in [2.75, 3.05) is 5.32 Å². The SMILES string of the molecule is O=C(Cc1ccc(OC2CC2)cc1)Nc1ccn(Cc2ccc(F)c(F)c2)n1. The Bertz CT molecular complexity index is 982. The molecule has 1 fully saturated rings. The second-order valence-corrected chi connectivity index (χ2v) is 6.83. The van der Waals surface area contributed by atoms with Gasteiger partial charge in [-0.15, -0.1) is 0 Å². The molecule has 1 amide bonds. The van der Waals surface area contributed by atoms with Crippen LogP contribution in [0.15, 0.2) is 54.7 Å². The highest BCUT2D eigenvalue weighted by molar-refractivity contribution is 5.91. The largest absolute Gasteiger partial charge is 0.490 e. The Morgan fingerprint density at radius 3 is 2.54 bits per heavy atom. The minimum atomic E-state index is -0.897. The highest BCUT2D eigenvalue weighted by atomic mass is 19.2. The number of nitrogens with one attached hydrogen (secondary N) is 1. The molecule has 7 heteroatoms. The van der Waals surface area contributed by atoms with Crippen LogP contribution in [-0.2, 0) is 17.8 Å². The fraction of sp³-hybridized carbons (Fsp3) is 0.238. The van der Waals surface area contributed by atoms with Crippen LogP contribution < -0.4 is 10.1 Å². The monoisotopic (exact) mass is 383 g/mol. The maximum atomic E-state index is 13.3. The molecular weight excluding hydrogens is 364 g/mol. The zero-order valence-electron chi connectivity index (χ0n) is 15.1. The van der Waals surface area contributed by atoms with Gasteiger partial charge < -0.3 is 10.1 Å². The van der Waals surface area contributed by atoms with E-state index < -0.39 is 11.6 Å². The number of rotatable bonds is 7. The van der Waals surface area contributed by atoms with Crippen molar-refractivity contribution in [1.82, 2.24) is 9.78 Å². The normalized spacial score (nSPS) is 13.4. The molecule has 0 unspecified atom stereocenters. The van der Waals surface area contributed by atoms with Crippen molar-refractivity contribution in [2.24, 2.45) is 0 Å². The van der Waals surface area contributed by atoms with Gasteiger partial charge in [0, 0.05) is 12.3 Å². The van der Waals surface area contributed by atoms with Gasteiger partial charge in [-0.1, -0.05) is 18.2 Å². The number of nitrogens with zero attached hydrogens (tertiary/aromatic N) is 2. The van der Waals surface area contributed by atoms with E-state index in [9.17, 15) is 13.6 Å². The van der Waals surface area contributed by atoms with Gasteiger partial charge in [-0.3, -0.25) is 9.48 Å². The van der Waals surface area contributed by atoms with Gasteiger partial charge in [0.2, 0.25) is 5.91 Å². The first kappa shape index (κ1) is 18.2. The predicted molar refractivity (Wildman–Crippen MR) is 100 cm³/mol. The van der Waals surface area contributed by atoms with Gasteiger partial charge in [0.1, 0.15) is 5.75 Å². The molecule has 1 aliphatic rings.